The Kier molecular flexibility index (Phi) is 5.53. The molecule has 0 aliphatic carbocycles. The highest BCUT2D eigenvalue weighted by atomic mass is 16.7. The molecule has 3 heterocycles. The molecule has 5 rings (SSSR count). The molecule has 0 amide bonds. The lowest BCUT2D eigenvalue weighted by Gasteiger charge is -2.35. The number of hydrogen-bond donors (Lipinski definition) is 1. The molecule has 5 heteroatoms. The average molecular weight is 423 g/mol. The van der Waals surface area contributed by atoms with Gasteiger partial charge in [-0.1, -0.05) is 32.3 Å². The quantitative estimate of drug-likeness (QED) is 0.678. The minimum Gasteiger partial charge on any atom is -0.493 e. The molecule has 0 aromatic heterocycles. The fourth-order valence-corrected chi connectivity index (χ4v) is 5.36. The zero-order valence-electron chi connectivity index (χ0n) is 18.8. The van der Waals surface area contributed by atoms with E-state index in [1.54, 1.807) is 14.2 Å². The van der Waals surface area contributed by atoms with Gasteiger partial charge in [0.2, 0.25) is 6.79 Å². The number of allylic oxidation sites excluding steroid dienone is 1. The van der Waals surface area contributed by atoms with Gasteiger partial charge in [-0.2, -0.15) is 0 Å². The number of unbranched alkanes of at least 4 members (excludes halogenated alkanes) is 3. The van der Waals surface area contributed by atoms with Crippen LogP contribution < -0.4 is 23.8 Å². The van der Waals surface area contributed by atoms with Crippen molar-refractivity contribution in [2.24, 2.45) is 0 Å². The maximum Gasteiger partial charge on any atom is 0.231 e. The van der Waals surface area contributed by atoms with Crippen molar-refractivity contribution in [1.82, 2.24) is 0 Å². The smallest absolute Gasteiger partial charge is 0.231 e. The van der Waals surface area contributed by atoms with Crippen molar-refractivity contribution in [2.45, 2.75) is 52.0 Å². The monoisotopic (exact) mass is 422 g/mol. The van der Waals surface area contributed by atoms with E-state index in [2.05, 4.69) is 31.2 Å². The Bertz CT molecular complexity index is 1030. The number of ether oxygens (including phenoxy) is 4. The first-order valence-electron chi connectivity index (χ1n) is 11.5. The molecule has 0 saturated carbocycles. The summed E-state index contributed by atoms with van der Waals surface area (Å²) in [6.45, 7) is 4.57. The Morgan fingerprint density at radius 3 is 2.58 bits per heavy atom. The summed E-state index contributed by atoms with van der Waals surface area (Å²) in [6.07, 6.45) is 7.11. The van der Waals surface area contributed by atoms with Crippen molar-refractivity contribution in [2.75, 3.05) is 27.6 Å². The lowest BCUT2D eigenvalue weighted by molar-refractivity contribution is -0.842. The van der Waals surface area contributed by atoms with Crippen LogP contribution in [0.5, 0.6) is 23.0 Å². The number of nitrogens with one attached hydrogen (secondary N) is 1. The number of benzene rings is 2. The predicted molar refractivity (Wildman–Crippen MR) is 121 cm³/mol. The topological polar surface area (TPSA) is 41.4 Å². The second-order valence-electron chi connectivity index (χ2n) is 8.63. The Labute approximate surface area is 184 Å². The summed E-state index contributed by atoms with van der Waals surface area (Å²) in [6, 6.07) is 8.69. The Morgan fingerprint density at radius 2 is 1.81 bits per heavy atom. The van der Waals surface area contributed by atoms with Gasteiger partial charge in [0.1, 0.15) is 12.2 Å². The molecule has 0 saturated heterocycles. The van der Waals surface area contributed by atoms with Crippen LogP contribution >= 0.6 is 0 Å². The van der Waals surface area contributed by atoms with Crippen LogP contribution in [0, 0.1) is 0 Å². The molecule has 2 aromatic carbocycles. The van der Waals surface area contributed by atoms with Gasteiger partial charge in [0, 0.05) is 17.6 Å². The van der Waals surface area contributed by atoms with Crippen LogP contribution in [0.3, 0.4) is 0 Å². The molecule has 3 aliphatic heterocycles. The SMILES string of the molecule is CCCCCCC1=C2c3cc4c(cc3CC[NH+]2Cc2c1ccc(OC)c2OC)OCO4. The van der Waals surface area contributed by atoms with E-state index in [0.717, 1.165) is 48.9 Å². The van der Waals surface area contributed by atoms with Crippen molar-refractivity contribution < 1.29 is 23.8 Å². The van der Waals surface area contributed by atoms with E-state index in [1.165, 1.54) is 64.1 Å². The molecule has 0 radical (unpaired) electrons. The van der Waals surface area contributed by atoms with Gasteiger partial charge in [-0.3, -0.25) is 4.90 Å². The van der Waals surface area contributed by atoms with Crippen LogP contribution in [-0.4, -0.2) is 27.6 Å². The summed E-state index contributed by atoms with van der Waals surface area (Å²) in [7, 11) is 3.46. The van der Waals surface area contributed by atoms with E-state index in [-0.39, 0.29) is 0 Å². The molecule has 1 atom stereocenters. The largest absolute Gasteiger partial charge is 0.493 e. The summed E-state index contributed by atoms with van der Waals surface area (Å²) in [5, 5.41) is 0. The molecule has 3 aliphatic rings. The third-order valence-corrected chi connectivity index (χ3v) is 6.86. The lowest BCUT2D eigenvalue weighted by Crippen LogP contribution is -3.09. The molecule has 0 spiro atoms. The van der Waals surface area contributed by atoms with Crippen molar-refractivity contribution in [3.05, 3.63) is 46.5 Å². The lowest BCUT2D eigenvalue weighted by atomic mass is 9.83. The van der Waals surface area contributed by atoms with Crippen LogP contribution in [-0.2, 0) is 13.0 Å². The third-order valence-electron chi connectivity index (χ3n) is 6.86. The van der Waals surface area contributed by atoms with Gasteiger partial charge in [0.05, 0.1) is 26.3 Å². The predicted octanol–water partition coefficient (Wildman–Crippen LogP) is 4.23. The van der Waals surface area contributed by atoms with E-state index >= 15 is 0 Å². The van der Waals surface area contributed by atoms with E-state index in [9.17, 15) is 0 Å². The zero-order chi connectivity index (χ0) is 21.4. The normalized spacial score (nSPS) is 18.4. The average Bonchev–Trinajstić information content (AvgIpc) is 3.26. The van der Waals surface area contributed by atoms with Crippen molar-refractivity contribution >= 4 is 11.3 Å². The van der Waals surface area contributed by atoms with E-state index < -0.39 is 0 Å². The molecule has 0 fully saturated rings. The Hall–Kier alpha value is -2.66. The second kappa shape index (κ2) is 8.46. The van der Waals surface area contributed by atoms with E-state index in [1.807, 2.05) is 0 Å². The third kappa shape index (κ3) is 3.45. The molecule has 5 nitrogen and oxygen atoms in total. The first kappa shape index (κ1) is 20.3. The Morgan fingerprint density at radius 1 is 0.968 bits per heavy atom. The highest BCUT2D eigenvalue weighted by molar-refractivity contribution is 5.91. The molecule has 1 unspecified atom stereocenters. The summed E-state index contributed by atoms with van der Waals surface area (Å²) in [5.41, 5.74) is 8.19. The van der Waals surface area contributed by atoms with Crippen LogP contribution in [0.2, 0.25) is 0 Å². The van der Waals surface area contributed by atoms with Gasteiger partial charge in [-0.05, 0) is 42.2 Å². The molecule has 1 N–H and O–H groups in total. The fourth-order valence-electron chi connectivity index (χ4n) is 5.36. The first-order chi connectivity index (χ1) is 15.2. The number of hydrogen-bond acceptors (Lipinski definition) is 4. The minimum atomic E-state index is 0.317. The molecule has 0 bridgehead atoms. The number of methoxy groups -OCH3 is 2. The standard InChI is InChI=1S/C26H31NO4/c1-4-5-6-7-8-19-18-9-10-22(28-2)26(29-3)21(18)15-27-12-11-17-13-23-24(31-16-30-23)14-20(17)25(19)27/h9-10,13-14H,4-8,11-12,15-16H2,1-3H3/p+1. The zero-order valence-corrected chi connectivity index (χ0v) is 18.8. The van der Waals surface area contributed by atoms with Gasteiger partial charge in [-0.25, -0.2) is 0 Å². The second-order valence-corrected chi connectivity index (χ2v) is 8.63. The summed E-state index contributed by atoms with van der Waals surface area (Å²) >= 11 is 0. The van der Waals surface area contributed by atoms with Crippen LogP contribution in [0.1, 0.15) is 61.3 Å². The maximum absolute atomic E-state index is 5.84. The summed E-state index contributed by atoms with van der Waals surface area (Å²) in [4.78, 5) is 1.51. The molecule has 2 aromatic rings. The van der Waals surface area contributed by atoms with Gasteiger partial charge in [0.25, 0.3) is 0 Å². The van der Waals surface area contributed by atoms with Crippen LogP contribution in [0.25, 0.3) is 11.3 Å². The van der Waals surface area contributed by atoms with Crippen molar-refractivity contribution in [3.63, 3.8) is 0 Å². The van der Waals surface area contributed by atoms with Crippen LogP contribution in [0.15, 0.2) is 24.3 Å². The minimum absolute atomic E-state index is 0.317. The summed E-state index contributed by atoms with van der Waals surface area (Å²) < 4.78 is 22.8. The molecule has 31 heavy (non-hydrogen) atoms. The summed E-state index contributed by atoms with van der Waals surface area (Å²) in [5.74, 6) is 3.45. The van der Waals surface area contributed by atoms with Crippen molar-refractivity contribution in [1.29, 1.82) is 0 Å². The van der Waals surface area contributed by atoms with Gasteiger partial charge >= 0.3 is 0 Å². The van der Waals surface area contributed by atoms with Gasteiger partial charge in [-0.15, -0.1) is 0 Å². The first-order valence-corrected chi connectivity index (χ1v) is 11.5. The van der Waals surface area contributed by atoms with Gasteiger partial charge < -0.3 is 18.9 Å². The number of fused-ring (bicyclic) bond motifs is 5. The van der Waals surface area contributed by atoms with E-state index in [0.29, 0.717) is 6.79 Å². The van der Waals surface area contributed by atoms with Gasteiger partial charge in [0.15, 0.2) is 23.0 Å². The fraction of sp³-hybridized carbons (Fsp3) is 0.462. The van der Waals surface area contributed by atoms with E-state index in [4.69, 9.17) is 18.9 Å². The molecular weight excluding hydrogens is 390 g/mol. The maximum atomic E-state index is 5.84. The number of rotatable bonds is 7. The Balaban J connectivity index is 1.67. The highest BCUT2D eigenvalue weighted by Crippen LogP contribution is 2.44. The molecular formula is C26H32NO4+. The molecule has 164 valence electrons. The number of quaternary nitrogens is 1. The van der Waals surface area contributed by atoms with Crippen LogP contribution in [0.4, 0.5) is 0 Å². The highest BCUT2D eigenvalue weighted by Gasteiger charge is 2.37. The van der Waals surface area contributed by atoms with Crippen molar-refractivity contribution in [3.8, 4) is 23.0 Å².